The van der Waals surface area contributed by atoms with Gasteiger partial charge in [0.15, 0.2) is 0 Å². The molecule has 1 heterocycles. The monoisotopic (exact) mass is 496 g/mol. The number of aliphatic hydroxyl groups is 2. The summed E-state index contributed by atoms with van der Waals surface area (Å²) in [7, 11) is 0. The summed E-state index contributed by atoms with van der Waals surface area (Å²) in [5.74, 6) is -2.51. The molecule has 0 bridgehead atoms. The molecule has 8 nitrogen and oxygen atoms in total. The van der Waals surface area contributed by atoms with Gasteiger partial charge >= 0.3 is 11.9 Å². The fraction of sp³-hybridized carbons (Fsp3) is 0.357. The van der Waals surface area contributed by atoms with Crippen LogP contribution in [-0.4, -0.2) is 64.2 Å². The van der Waals surface area contributed by atoms with Crippen LogP contribution in [-0.2, 0) is 9.59 Å². The van der Waals surface area contributed by atoms with Crippen molar-refractivity contribution in [2.24, 2.45) is 0 Å². The molecule has 0 amide bonds. The summed E-state index contributed by atoms with van der Waals surface area (Å²) >= 11 is 0. The first kappa shape index (κ1) is 28.8. The molecule has 0 spiro atoms. The van der Waals surface area contributed by atoms with Gasteiger partial charge in [0.05, 0.1) is 18.8 Å². The second kappa shape index (κ2) is 14.8. The number of hydrogen-bond acceptors (Lipinski definition) is 6. The molecular formula is C28H36N2O6. The lowest BCUT2D eigenvalue weighted by atomic mass is 10.1. The van der Waals surface area contributed by atoms with Crippen molar-refractivity contribution in [2.75, 3.05) is 31.2 Å². The van der Waals surface area contributed by atoms with Gasteiger partial charge in [-0.3, -0.25) is 0 Å². The number of carboxylic acid groups (broad SMARTS) is 2. The van der Waals surface area contributed by atoms with E-state index in [1.165, 1.54) is 22.5 Å². The number of nitrogens with one attached hydrogen (secondary N) is 1. The SMILES string of the molecule is CC(CO)(CO)NCCCCCCN1c2ccccc2C=Cc2ccccc21.O=C(O)/C=C/C(=O)O. The molecule has 0 aliphatic carbocycles. The van der Waals surface area contributed by atoms with Crippen LogP contribution in [0.2, 0.25) is 0 Å². The molecule has 1 aliphatic rings. The number of hydrogen-bond donors (Lipinski definition) is 5. The van der Waals surface area contributed by atoms with Crippen LogP contribution in [0, 0.1) is 0 Å². The van der Waals surface area contributed by atoms with E-state index in [0.29, 0.717) is 12.2 Å². The third-order valence-electron chi connectivity index (χ3n) is 5.82. The molecule has 194 valence electrons. The van der Waals surface area contributed by atoms with Gasteiger partial charge in [-0.25, -0.2) is 9.59 Å². The van der Waals surface area contributed by atoms with E-state index >= 15 is 0 Å². The van der Waals surface area contributed by atoms with Gasteiger partial charge in [-0.05, 0) is 49.6 Å². The van der Waals surface area contributed by atoms with Gasteiger partial charge in [-0.2, -0.15) is 0 Å². The van der Waals surface area contributed by atoms with Crippen LogP contribution < -0.4 is 10.2 Å². The van der Waals surface area contributed by atoms with Gasteiger partial charge in [0.2, 0.25) is 0 Å². The van der Waals surface area contributed by atoms with Crippen LogP contribution in [0.4, 0.5) is 11.4 Å². The molecule has 3 rings (SSSR count). The fourth-order valence-electron chi connectivity index (χ4n) is 3.74. The number of rotatable bonds is 12. The minimum Gasteiger partial charge on any atom is -0.478 e. The van der Waals surface area contributed by atoms with Gasteiger partial charge in [-0.1, -0.05) is 61.4 Å². The molecule has 0 saturated heterocycles. The number of carbonyl (C=O) groups is 2. The highest BCUT2D eigenvalue weighted by atomic mass is 16.4. The molecule has 2 aromatic rings. The molecule has 1 aliphatic heterocycles. The first-order valence-corrected chi connectivity index (χ1v) is 12.0. The van der Waals surface area contributed by atoms with E-state index in [1.54, 1.807) is 0 Å². The number of nitrogens with zero attached hydrogens (tertiary/aromatic N) is 1. The van der Waals surface area contributed by atoms with E-state index in [0.717, 1.165) is 38.8 Å². The molecular weight excluding hydrogens is 460 g/mol. The zero-order valence-corrected chi connectivity index (χ0v) is 20.6. The number of para-hydroxylation sites is 2. The van der Waals surface area contributed by atoms with Crippen molar-refractivity contribution < 1.29 is 30.0 Å². The Balaban J connectivity index is 0.000000493. The first-order chi connectivity index (χ1) is 17.3. The third kappa shape index (κ3) is 9.30. The molecule has 0 unspecified atom stereocenters. The summed E-state index contributed by atoms with van der Waals surface area (Å²) < 4.78 is 0. The number of fused-ring (bicyclic) bond motifs is 2. The van der Waals surface area contributed by atoms with Crippen LogP contribution in [0.3, 0.4) is 0 Å². The number of unbranched alkanes of at least 4 members (excludes halogenated alkanes) is 3. The molecule has 0 fully saturated rings. The van der Waals surface area contributed by atoms with Crippen molar-refractivity contribution in [3.63, 3.8) is 0 Å². The molecule has 0 atom stereocenters. The summed E-state index contributed by atoms with van der Waals surface area (Å²) in [6.07, 6.45) is 9.99. The summed E-state index contributed by atoms with van der Waals surface area (Å²) in [6.45, 7) is 3.55. The van der Waals surface area contributed by atoms with Gasteiger partial charge in [0.25, 0.3) is 0 Å². The maximum Gasteiger partial charge on any atom is 0.328 e. The van der Waals surface area contributed by atoms with Crippen molar-refractivity contribution >= 4 is 35.5 Å². The predicted molar refractivity (Wildman–Crippen MR) is 142 cm³/mol. The Hall–Kier alpha value is -3.46. The molecule has 5 N–H and O–H groups in total. The van der Waals surface area contributed by atoms with Crippen molar-refractivity contribution in [1.82, 2.24) is 5.32 Å². The smallest absolute Gasteiger partial charge is 0.328 e. The van der Waals surface area contributed by atoms with Crippen LogP contribution in [0.15, 0.2) is 60.7 Å². The van der Waals surface area contributed by atoms with Crippen LogP contribution in [0.5, 0.6) is 0 Å². The Morgan fingerprint density at radius 3 is 1.75 bits per heavy atom. The summed E-state index contributed by atoms with van der Waals surface area (Å²) in [4.78, 5) is 21.5. The van der Waals surface area contributed by atoms with Crippen LogP contribution in [0.1, 0.15) is 43.7 Å². The fourth-order valence-corrected chi connectivity index (χ4v) is 3.74. The Bertz CT molecular complexity index is 980. The minimum absolute atomic E-state index is 0.0503. The Kier molecular flexibility index (Phi) is 11.9. The molecule has 36 heavy (non-hydrogen) atoms. The average molecular weight is 497 g/mol. The van der Waals surface area contributed by atoms with Gasteiger partial charge in [0.1, 0.15) is 0 Å². The molecule has 0 radical (unpaired) electrons. The predicted octanol–water partition coefficient (Wildman–Crippen LogP) is 3.91. The minimum atomic E-state index is -1.26. The highest BCUT2D eigenvalue weighted by Crippen LogP contribution is 2.36. The summed E-state index contributed by atoms with van der Waals surface area (Å²) in [5.41, 5.74) is 4.48. The lowest BCUT2D eigenvalue weighted by Gasteiger charge is -2.27. The molecule has 8 heteroatoms. The quantitative estimate of drug-likeness (QED) is 0.221. The maximum absolute atomic E-state index is 9.55. The zero-order valence-electron chi connectivity index (χ0n) is 20.6. The summed E-state index contributed by atoms with van der Waals surface area (Å²) in [6, 6.07) is 17.2. The van der Waals surface area contributed by atoms with E-state index in [4.69, 9.17) is 10.2 Å². The van der Waals surface area contributed by atoms with E-state index in [-0.39, 0.29) is 13.2 Å². The molecule has 0 saturated carbocycles. The van der Waals surface area contributed by atoms with Crippen molar-refractivity contribution in [3.05, 3.63) is 71.8 Å². The van der Waals surface area contributed by atoms with Gasteiger partial charge in [-0.15, -0.1) is 0 Å². The van der Waals surface area contributed by atoms with Crippen LogP contribution >= 0.6 is 0 Å². The Morgan fingerprint density at radius 2 is 1.28 bits per heavy atom. The zero-order chi connectivity index (χ0) is 26.4. The Morgan fingerprint density at radius 1 is 0.806 bits per heavy atom. The van der Waals surface area contributed by atoms with Crippen molar-refractivity contribution in [3.8, 4) is 0 Å². The number of anilines is 2. The highest BCUT2D eigenvalue weighted by molar-refractivity contribution is 5.90. The first-order valence-electron chi connectivity index (χ1n) is 12.0. The lowest BCUT2D eigenvalue weighted by Crippen LogP contribution is -2.49. The van der Waals surface area contributed by atoms with E-state index in [2.05, 4.69) is 70.9 Å². The van der Waals surface area contributed by atoms with Crippen molar-refractivity contribution in [2.45, 2.75) is 38.1 Å². The standard InChI is InChI=1S/C24H32N2O2.C4H4O4/c1-24(18-27,19-28)25-16-8-2-3-9-17-26-22-12-6-4-10-20(22)14-15-21-11-5-7-13-23(21)26;5-3(6)1-2-4(7)8/h4-7,10-15,25,27-28H,2-3,8-9,16-19H2,1H3;1-2H,(H,5,6)(H,7,8)/b;2-1+. The second-order valence-electron chi connectivity index (χ2n) is 8.83. The number of aliphatic hydroxyl groups excluding tert-OH is 2. The third-order valence-corrected chi connectivity index (χ3v) is 5.82. The largest absolute Gasteiger partial charge is 0.478 e. The molecule has 2 aromatic carbocycles. The highest BCUT2D eigenvalue weighted by Gasteiger charge is 2.20. The number of carboxylic acids is 2. The normalized spacial score (nSPS) is 12.4. The lowest BCUT2D eigenvalue weighted by molar-refractivity contribution is -0.134. The van der Waals surface area contributed by atoms with E-state index in [1.807, 2.05) is 6.92 Å². The molecule has 0 aromatic heterocycles. The van der Waals surface area contributed by atoms with E-state index in [9.17, 15) is 19.8 Å². The topological polar surface area (TPSA) is 130 Å². The maximum atomic E-state index is 9.55. The van der Waals surface area contributed by atoms with Crippen molar-refractivity contribution in [1.29, 1.82) is 0 Å². The van der Waals surface area contributed by atoms with Crippen LogP contribution in [0.25, 0.3) is 12.2 Å². The summed E-state index contributed by atoms with van der Waals surface area (Å²) in [5, 5.41) is 37.5. The van der Waals surface area contributed by atoms with E-state index < -0.39 is 17.5 Å². The van der Waals surface area contributed by atoms with Gasteiger partial charge in [0, 0.05) is 30.1 Å². The number of benzene rings is 2. The average Bonchev–Trinajstić information content (AvgIpc) is 3.04. The number of aliphatic carboxylic acids is 2. The Labute approximate surface area is 212 Å². The second-order valence-corrected chi connectivity index (χ2v) is 8.83. The van der Waals surface area contributed by atoms with Gasteiger partial charge < -0.3 is 30.6 Å².